The van der Waals surface area contributed by atoms with Gasteiger partial charge in [0.05, 0.1) is 13.0 Å². The first kappa shape index (κ1) is 24.1. The molecule has 0 fully saturated rings. The van der Waals surface area contributed by atoms with Crippen molar-refractivity contribution < 1.29 is 19.1 Å². The molecule has 0 saturated carbocycles. The lowest BCUT2D eigenvalue weighted by molar-refractivity contribution is -0.136. The Hall–Kier alpha value is -3.02. The maximum Gasteiger partial charge on any atom is 0.307 e. The molecule has 34 heavy (non-hydrogen) atoms. The van der Waals surface area contributed by atoms with Crippen molar-refractivity contribution in [3.05, 3.63) is 77.9 Å². The largest absolute Gasteiger partial charge is 0.493 e. The molecule has 1 heterocycles. The van der Waals surface area contributed by atoms with Crippen molar-refractivity contribution in [3.63, 3.8) is 0 Å². The molecule has 1 aromatic heterocycles. The zero-order valence-electron chi connectivity index (χ0n) is 19.4. The molecule has 4 rings (SSSR count). The van der Waals surface area contributed by atoms with E-state index < -0.39 is 11.0 Å². The van der Waals surface area contributed by atoms with Crippen LogP contribution in [-0.2, 0) is 11.2 Å². The van der Waals surface area contributed by atoms with E-state index in [-0.39, 0.29) is 6.42 Å². The van der Waals surface area contributed by atoms with Gasteiger partial charge in [-0.25, -0.2) is 0 Å². The molecule has 0 bridgehead atoms. The molecule has 1 atom stereocenters. The number of carbonyl (C=O) groups is 1. The zero-order valence-corrected chi connectivity index (χ0v) is 20.1. The number of hydrogen-bond acceptors (Lipinski definition) is 4. The average molecular weight is 480 g/mol. The second kappa shape index (κ2) is 10.9. The highest BCUT2D eigenvalue weighted by Gasteiger charge is 2.27. The number of nitrogens with one attached hydrogen (secondary N) is 1. The molecule has 0 aliphatic heterocycles. The summed E-state index contributed by atoms with van der Waals surface area (Å²) in [5.74, 6) is 0.859. The molecule has 178 valence electrons. The summed E-state index contributed by atoms with van der Waals surface area (Å²) in [7, 11) is 0. The van der Waals surface area contributed by atoms with Crippen molar-refractivity contribution in [1.82, 2.24) is 5.32 Å². The number of fused-ring (bicyclic) bond motifs is 1. The van der Waals surface area contributed by atoms with Crippen LogP contribution in [0.5, 0.6) is 5.75 Å². The van der Waals surface area contributed by atoms with E-state index in [0.29, 0.717) is 19.6 Å². The van der Waals surface area contributed by atoms with Crippen molar-refractivity contribution in [2.24, 2.45) is 0 Å². The van der Waals surface area contributed by atoms with E-state index in [1.165, 1.54) is 5.56 Å². The first-order chi connectivity index (χ1) is 16.5. The number of benzene rings is 2. The molecule has 0 saturated heterocycles. The molecule has 0 spiro atoms. The van der Waals surface area contributed by atoms with Gasteiger partial charge < -0.3 is 14.3 Å². The van der Waals surface area contributed by atoms with Crippen LogP contribution in [0.4, 0.5) is 0 Å². The minimum absolute atomic E-state index is 0.00501. The molecule has 0 amide bonds. The second-order valence-corrected chi connectivity index (χ2v) is 9.32. The summed E-state index contributed by atoms with van der Waals surface area (Å²) in [6, 6.07) is 16.3. The monoisotopic (exact) mass is 479 g/mol. The first-order valence-electron chi connectivity index (χ1n) is 11.7. The Morgan fingerprint density at radius 3 is 2.82 bits per heavy atom. The number of carboxylic acids is 1. The van der Waals surface area contributed by atoms with E-state index in [1.54, 1.807) is 0 Å². The van der Waals surface area contributed by atoms with Gasteiger partial charge in [0, 0.05) is 30.0 Å². The van der Waals surface area contributed by atoms with Gasteiger partial charge >= 0.3 is 5.97 Å². The van der Waals surface area contributed by atoms with Crippen LogP contribution in [0.15, 0.2) is 76.7 Å². The summed E-state index contributed by atoms with van der Waals surface area (Å²) < 4.78 is 12.3. The molecule has 5 nitrogen and oxygen atoms in total. The second-order valence-electron chi connectivity index (χ2n) is 8.65. The fourth-order valence-electron chi connectivity index (χ4n) is 4.23. The number of aliphatic carboxylic acids is 1. The Kier molecular flexibility index (Phi) is 7.76. The molecular formula is C28H30ClNO4. The molecule has 1 unspecified atom stereocenters. The topological polar surface area (TPSA) is 71.7 Å². The summed E-state index contributed by atoms with van der Waals surface area (Å²) in [5.41, 5.74) is 3.85. The van der Waals surface area contributed by atoms with Crippen LogP contribution in [0.2, 0.25) is 0 Å². The number of allylic oxidation sites excluding steroid dienone is 2. The van der Waals surface area contributed by atoms with E-state index >= 15 is 0 Å². The van der Waals surface area contributed by atoms with Crippen LogP contribution in [-0.4, -0.2) is 29.2 Å². The Labute approximate surface area is 205 Å². The molecule has 2 N–H and O–H groups in total. The lowest BCUT2D eigenvalue weighted by atomic mass is 9.97. The summed E-state index contributed by atoms with van der Waals surface area (Å²) in [6.45, 7) is 3.35. The smallest absolute Gasteiger partial charge is 0.307 e. The summed E-state index contributed by atoms with van der Waals surface area (Å²) in [5, 5.41) is 13.4. The van der Waals surface area contributed by atoms with Crippen LogP contribution >= 0.6 is 11.6 Å². The highest BCUT2D eigenvalue weighted by molar-refractivity contribution is 6.25. The lowest BCUT2D eigenvalue weighted by Crippen LogP contribution is -2.40. The number of ether oxygens (including phenoxy) is 1. The van der Waals surface area contributed by atoms with Crippen LogP contribution in [0.25, 0.3) is 22.3 Å². The van der Waals surface area contributed by atoms with Gasteiger partial charge in [-0.3, -0.25) is 10.1 Å². The van der Waals surface area contributed by atoms with E-state index in [9.17, 15) is 4.79 Å². The zero-order chi connectivity index (χ0) is 24.0. The molecule has 3 aromatic rings. The van der Waals surface area contributed by atoms with Crippen molar-refractivity contribution in [1.29, 1.82) is 0 Å². The molecule has 1 aliphatic rings. The number of halogens is 1. The molecule has 0 radical (unpaired) electrons. The first-order valence-corrected chi connectivity index (χ1v) is 12.1. The van der Waals surface area contributed by atoms with Crippen LogP contribution < -0.4 is 10.1 Å². The summed E-state index contributed by atoms with van der Waals surface area (Å²) in [6.07, 6.45) is 8.71. The predicted octanol–water partition coefficient (Wildman–Crippen LogP) is 6.71. The lowest BCUT2D eigenvalue weighted by Gasteiger charge is -2.28. The van der Waals surface area contributed by atoms with Gasteiger partial charge in [-0.1, -0.05) is 73.0 Å². The fourth-order valence-corrected chi connectivity index (χ4v) is 4.57. The Morgan fingerprint density at radius 1 is 1.24 bits per heavy atom. The maximum atomic E-state index is 11.0. The van der Waals surface area contributed by atoms with E-state index in [4.69, 9.17) is 25.9 Å². The van der Waals surface area contributed by atoms with Gasteiger partial charge in [0.2, 0.25) is 0 Å². The van der Waals surface area contributed by atoms with Gasteiger partial charge in [-0.05, 0) is 36.6 Å². The van der Waals surface area contributed by atoms with Crippen LogP contribution in [0.1, 0.15) is 38.2 Å². The summed E-state index contributed by atoms with van der Waals surface area (Å²) in [4.78, 5) is 10.2. The van der Waals surface area contributed by atoms with Gasteiger partial charge in [0.1, 0.15) is 22.1 Å². The standard InChI is InChI=1S/C28H30ClNO4/c1-2-8-22-16-23-17-25(21-10-4-3-5-11-21)34-26(23)18-24(22)33-14-7-13-30-28(29)12-6-9-20(19-28)15-27(31)32/h3-6,9-12,16-18,30H,2,7-8,13-15,19H2,1H3,(H,31,32). The normalized spacial score (nSPS) is 17.6. The van der Waals surface area contributed by atoms with E-state index in [1.807, 2.05) is 54.6 Å². The van der Waals surface area contributed by atoms with E-state index in [2.05, 4.69) is 24.4 Å². The third kappa shape index (κ3) is 6.10. The number of furan rings is 1. The van der Waals surface area contributed by atoms with Crippen LogP contribution in [0, 0.1) is 0 Å². The fraction of sp³-hybridized carbons (Fsp3) is 0.321. The summed E-state index contributed by atoms with van der Waals surface area (Å²) >= 11 is 6.65. The van der Waals surface area contributed by atoms with Gasteiger partial charge in [-0.2, -0.15) is 0 Å². The SMILES string of the molecule is CCCc1cc2cc(-c3ccccc3)oc2cc1OCCCNC1(Cl)C=CC=C(CC(=O)O)C1. The highest BCUT2D eigenvalue weighted by Crippen LogP contribution is 2.33. The molecule has 1 aliphatic carbocycles. The van der Waals surface area contributed by atoms with Gasteiger partial charge in [-0.15, -0.1) is 0 Å². The van der Waals surface area contributed by atoms with Crippen molar-refractivity contribution in [2.45, 2.75) is 44.0 Å². The number of alkyl halides is 1. The number of rotatable bonds is 11. The van der Waals surface area contributed by atoms with Crippen molar-refractivity contribution in [2.75, 3.05) is 13.2 Å². The third-order valence-electron chi connectivity index (χ3n) is 5.83. The maximum absolute atomic E-state index is 11.0. The number of hydrogen-bond donors (Lipinski definition) is 2. The van der Waals surface area contributed by atoms with Crippen LogP contribution in [0.3, 0.4) is 0 Å². The molecule has 2 aromatic carbocycles. The highest BCUT2D eigenvalue weighted by atomic mass is 35.5. The third-order valence-corrected chi connectivity index (χ3v) is 6.22. The molecule has 6 heteroatoms. The number of aryl methyl sites for hydroxylation is 1. The number of carboxylic acid groups (broad SMARTS) is 1. The minimum Gasteiger partial charge on any atom is -0.493 e. The van der Waals surface area contributed by atoms with Crippen molar-refractivity contribution >= 4 is 28.5 Å². The Morgan fingerprint density at radius 2 is 2.06 bits per heavy atom. The average Bonchev–Trinajstić information content (AvgIpc) is 3.22. The predicted molar refractivity (Wildman–Crippen MR) is 136 cm³/mol. The Bertz CT molecular complexity index is 1200. The molecular weight excluding hydrogens is 450 g/mol. The minimum atomic E-state index is -0.846. The quantitative estimate of drug-likeness (QED) is 0.182. The van der Waals surface area contributed by atoms with E-state index in [0.717, 1.165) is 52.9 Å². The van der Waals surface area contributed by atoms with Gasteiger partial charge in [0.15, 0.2) is 0 Å². The van der Waals surface area contributed by atoms with Gasteiger partial charge in [0.25, 0.3) is 0 Å². The van der Waals surface area contributed by atoms with Crippen molar-refractivity contribution in [3.8, 4) is 17.1 Å². The Balaban J connectivity index is 1.36.